The van der Waals surface area contributed by atoms with Gasteiger partial charge in [-0.2, -0.15) is 5.10 Å². The number of rotatable bonds is 6. The third-order valence-corrected chi connectivity index (χ3v) is 4.33. The molecule has 0 aliphatic carbocycles. The Hall–Kier alpha value is -4.04. The van der Waals surface area contributed by atoms with E-state index in [2.05, 4.69) is 10.5 Å². The highest BCUT2D eigenvalue weighted by atomic mass is 35.5. The number of ether oxygens (including phenoxy) is 2. The van der Waals surface area contributed by atoms with Gasteiger partial charge in [0.25, 0.3) is 5.91 Å². The number of hydrogen-bond acceptors (Lipinski definition) is 7. The molecule has 1 amide bonds. The number of phenolic OH excluding ortho intramolecular Hbond substituents is 2. The quantitative estimate of drug-likeness (QED) is 0.232. The summed E-state index contributed by atoms with van der Waals surface area (Å²) >= 11 is 5.82. The molecule has 0 bridgehead atoms. The molecule has 0 radical (unpaired) electrons. The van der Waals surface area contributed by atoms with Gasteiger partial charge in [0.05, 0.1) is 24.5 Å². The van der Waals surface area contributed by atoms with Crippen molar-refractivity contribution in [2.75, 3.05) is 7.11 Å². The minimum Gasteiger partial charge on any atom is -0.508 e. The van der Waals surface area contributed by atoms with Gasteiger partial charge in [-0.15, -0.1) is 0 Å². The molecule has 8 nitrogen and oxygen atoms in total. The van der Waals surface area contributed by atoms with E-state index in [0.717, 1.165) is 6.07 Å². The second kappa shape index (κ2) is 9.64. The van der Waals surface area contributed by atoms with Crippen LogP contribution in [0.5, 0.6) is 23.0 Å². The summed E-state index contributed by atoms with van der Waals surface area (Å²) < 4.78 is 10.6. The topological polar surface area (TPSA) is 117 Å². The van der Waals surface area contributed by atoms with Crippen molar-refractivity contribution in [3.05, 3.63) is 82.4 Å². The third kappa shape index (κ3) is 5.52. The Balaban J connectivity index is 1.68. The monoisotopic (exact) mass is 440 g/mol. The van der Waals surface area contributed by atoms with Crippen LogP contribution in [-0.4, -0.2) is 35.4 Å². The Morgan fingerprint density at radius 3 is 2.42 bits per heavy atom. The number of carbonyl (C=O) groups is 2. The van der Waals surface area contributed by atoms with Crippen molar-refractivity contribution in [2.45, 2.75) is 0 Å². The first kappa shape index (κ1) is 21.7. The molecule has 31 heavy (non-hydrogen) atoms. The van der Waals surface area contributed by atoms with Crippen molar-refractivity contribution in [3.63, 3.8) is 0 Å². The van der Waals surface area contributed by atoms with Gasteiger partial charge in [-0.1, -0.05) is 11.6 Å². The van der Waals surface area contributed by atoms with Crippen molar-refractivity contribution in [2.24, 2.45) is 5.10 Å². The van der Waals surface area contributed by atoms with Gasteiger partial charge in [-0.05, 0) is 60.2 Å². The number of hydrazone groups is 1. The van der Waals surface area contributed by atoms with Crippen molar-refractivity contribution in [1.29, 1.82) is 0 Å². The molecule has 158 valence electrons. The molecule has 0 fully saturated rings. The molecule has 0 saturated carbocycles. The van der Waals surface area contributed by atoms with Gasteiger partial charge in [0.2, 0.25) is 0 Å². The number of methoxy groups -OCH3 is 1. The average molecular weight is 441 g/mol. The van der Waals surface area contributed by atoms with Gasteiger partial charge >= 0.3 is 5.97 Å². The van der Waals surface area contributed by atoms with Crippen LogP contribution in [0.15, 0.2) is 65.8 Å². The van der Waals surface area contributed by atoms with Crippen LogP contribution in [0.1, 0.15) is 26.3 Å². The minimum atomic E-state index is -0.658. The fourth-order valence-corrected chi connectivity index (χ4v) is 2.66. The van der Waals surface area contributed by atoms with Gasteiger partial charge in [0.1, 0.15) is 11.5 Å². The van der Waals surface area contributed by atoms with Crippen LogP contribution in [-0.2, 0) is 0 Å². The summed E-state index contributed by atoms with van der Waals surface area (Å²) in [5.41, 5.74) is 3.11. The van der Waals surface area contributed by atoms with E-state index in [-0.39, 0.29) is 28.6 Å². The second-order valence-electron chi connectivity index (χ2n) is 6.21. The van der Waals surface area contributed by atoms with Crippen molar-refractivity contribution < 1.29 is 29.3 Å². The lowest BCUT2D eigenvalue weighted by Crippen LogP contribution is -2.17. The summed E-state index contributed by atoms with van der Waals surface area (Å²) in [6.45, 7) is 0. The highest BCUT2D eigenvalue weighted by Gasteiger charge is 2.13. The first-order valence-corrected chi connectivity index (χ1v) is 9.26. The number of esters is 1. The number of benzene rings is 3. The molecule has 9 heteroatoms. The highest BCUT2D eigenvalue weighted by molar-refractivity contribution is 6.30. The molecule has 0 spiro atoms. The molecule has 0 aromatic heterocycles. The lowest BCUT2D eigenvalue weighted by atomic mass is 10.2. The molecule has 0 heterocycles. The predicted octanol–water partition coefficient (Wildman–Crippen LogP) is 3.74. The molecule has 0 aliphatic heterocycles. The zero-order chi connectivity index (χ0) is 22.4. The lowest BCUT2D eigenvalue weighted by Gasteiger charge is -2.10. The van der Waals surface area contributed by atoms with E-state index in [4.69, 9.17) is 21.1 Å². The number of aromatic hydroxyl groups is 2. The van der Waals surface area contributed by atoms with E-state index in [1.807, 2.05) is 0 Å². The minimum absolute atomic E-state index is 0.0445. The highest BCUT2D eigenvalue weighted by Crippen LogP contribution is 2.28. The van der Waals surface area contributed by atoms with E-state index < -0.39 is 11.9 Å². The fourth-order valence-electron chi connectivity index (χ4n) is 2.53. The molecule has 3 aromatic carbocycles. The standard InChI is InChI=1S/C22H17ClN2O6/c1-30-20-10-13(12-24-25-21(28)17-8-7-16(26)11-18(17)27)2-9-19(20)31-22(29)14-3-5-15(23)6-4-14/h2-12,26-27H,1H3,(H,25,28)/b24-12-. The van der Waals surface area contributed by atoms with Crippen LogP contribution in [0.3, 0.4) is 0 Å². The van der Waals surface area contributed by atoms with Crippen LogP contribution < -0.4 is 14.9 Å². The maximum absolute atomic E-state index is 12.3. The van der Waals surface area contributed by atoms with Crippen LogP contribution in [0.4, 0.5) is 0 Å². The molecule has 0 atom stereocenters. The molecule has 0 unspecified atom stereocenters. The number of carbonyl (C=O) groups excluding carboxylic acids is 2. The smallest absolute Gasteiger partial charge is 0.343 e. The average Bonchev–Trinajstić information content (AvgIpc) is 2.75. The zero-order valence-corrected chi connectivity index (χ0v) is 17.0. The Bertz CT molecular complexity index is 1150. The Labute approximate surface area is 182 Å². The number of amides is 1. The third-order valence-electron chi connectivity index (χ3n) is 4.08. The number of hydrogen-bond donors (Lipinski definition) is 3. The Morgan fingerprint density at radius 2 is 1.74 bits per heavy atom. The zero-order valence-electron chi connectivity index (χ0n) is 16.2. The molecule has 0 saturated heterocycles. The van der Waals surface area contributed by atoms with E-state index >= 15 is 0 Å². The van der Waals surface area contributed by atoms with E-state index in [0.29, 0.717) is 16.1 Å². The van der Waals surface area contributed by atoms with Crippen LogP contribution in [0.25, 0.3) is 0 Å². The first-order chi connectivity index (χ1) is 14.9. The van der Waals surface area contributed by atoms with Gasteiger partial charge < -0.3 is 19.7 Å². The molecular formula is C22H17ClN2O6. The molecule has 3 rings (SSSR count). The van der Waals surface area contributed by atoms with Crippen LogP contribution in [0, 0.1) is 0 Å². The fraction of sp³-hybridized carbons (Fsp3) is 0.0455. The van der Waals surface area contributed by atoms with Crippen molar-refractivity contribution in [1.82, 2.24) is 5.43 Å². The van der Waals surface area contributed by atoms with Crippen molar-refractivity contribution >= 4 is 29.7 Å². The molecule has 3 aromatic rings. The maximum Gasteiger partial charge on any atom is 0.343 e. The predicted molar refractivity (Wildman–Crippen MR) is 114 cm³/mol. The normalized spacial score (nSPS) is 10.6. The van der Waals surface area contributed by atoms with Gasteiger partial charge in [0.15, 0.2) is 11.5 Å². The summed E-state index contributed by atoms with van der Waals surface area (Å²) in [5, 5.41) is 23.3. The Morgan fingerprint density at radius 1 is 1.00 bits per heavy atom. The lowest BCUT2D eigenvalue weighted by molar-refractivity contribution is 0.0729. The van der Waals surface area contributed by atoms with Gasteiger partial charge in [-0.3, -0.25) is 4.79 Å². The van der Waals surface area contributed by atoms with Crippen LogP contribution in [0.2, 0.25) is 5.02 Å². The van der Waals surface area contributed by atoms with E-state index in [1.54, 1.807) is 36.4 Å². The summed E-state index contributed by atoms with van der Waals surface area (Å²) in [6, 6.07) is 14.6. The SMILES string of the molecule is COc1cc(/C=N\NC(=O)c2ccc(O)cc2O)ccc1OC(=O)c1ccc(Cl)cc1. The maximum atomic E-state index is 12.3. The number of nitrogens with zero attached hydrogens (tertiary/aromatic N) is 1. The molecule has 3 N–H and O–H groups in total. The Kier molecular flexibility index (Phi) is 6.74. The summed E-state index contributed by atoms with van der Waals surface area (Å²) in [7, 11) is 1.42. The van der Waals surface area contributed by atoms with Gasteiger partial charge in [0, 0.05) is 11.1 Å². The summed E-state index contributed by atoms with van der Waals surface area (Å²) in [6.07, 6.45) is 1.35. The summed E-state index contributed by atoms with van der Waals surface area (Å²) in [4.78, 5) is 24.3. The number of nitrogens with one attached hydrogen (secondary N) is 1. The van der Waals surface area contributed by atoms with Gasteiger partial charge in [-0.25, -0.2) is 10.2 Å². The van der Waals surface area contributed by atoms with Crippen LogP contribution >= 0.6 is 11.6 Å². The molecule has 0 aliphatic rings. The summed E-state index contributed by atoms with van der Waals surface area (Å²) in [5.74, 6) is -1.28. The van der Waals surface area contributed by atoms with Crippen molar-refractivity contribution in [3.8, 4) is 23.0 Å². The second-order valence-corrected chi connectivity index (χ2v) is 6.64. The van der Waals surface area contributed by atoms with E-state index in [9.17, 15) is 19.8 Å². The molecular weight excluding hydrogens is 424 g/mol. The largest absolute Gasteiger partial charge is 0.508 e. The number of phenols is 2. The van der Waals surface area contributed by atoms with E-state index in [1.165, 1.54) is 31.5 Å². The number of halogens is 1. The first-order valence-electron chi connectivity index (χ1n) is 8.88.